The van der Waals surface area contributed by atoms with Crippen LogP contribution in [0.25, 0.3) is 17.4 Å². The summed E-state index contributed by atoms with van der Waals surface area (Å²) < 4.78 is 8.11. The predicted octanol–water partition coefficient (Wildman–Crippen LogP) is 2.94. The van der Waals surface area contributed by atoms with Gasteiger partial charge in [-0.15, -0.1) is 0 Å². The van der Waals surface area contributed by atoms with Crippen molar-refractivity contribution in [2.45, 2.75) is 6.54 Å². The lowest BCUT2D eigenvalue weighted by molar-refractivity contribution is 0.571. The van der Waals surface area contributed by atoms with Crippen molar-refractivity contribution in [3.63, 3.8) is 0 Å². The average molecular weight is 365 g/mol. The Morgan fingerprint density at radius 3 is 2.87 bits per heavy atom. The number of furan rings is 1. The lowest BCUT2D eigenvalue weighted by atomic mass is 10.2. The van der Waals surface area contributed by atoms with Crippen LogP contribution in [-0.2, 0) is 6.54 Å². The fourth-order valence-electron chi connectivity index (χ4n) is 2.43. The Morgan fingerprint density at radius 1 is 1.22 bits per heavy atom. The molecule has 1 aliphatic heterocycles. The van der Waals surface area contributed by atoms with Crippen molar-refractivity contribution >= 4 is 40.6 Å². The topological polar surface area (TPSA) is 47.5 Å². The summed E-state index contributed by atoms with van der Waals surface area (Å²) in [5.74, 6) is 1.28. The molecule has 0 saturated carbocycles. The second kappa shape index (κ2) is 5.67. The van der Waals surface area contributed by atoms with E-state index in [4.69, 9.17) is 27.6 Å². The van der Waals surface area contributed by atoms with E-state index in [0.29, 0.717) is 39.2 Å². The minimum Gasteiger partial charge on any atom is -0.457 e. The number of nitrogens with zero attached hydrogens (tertiary/aromatic N) is 2. The highest BCUT2D eigenvalue weighted by Gasteiger charge is 2.11. The summed E-state index contributed by atoms with van der Waals surface area (Å²) in [6, 6.07) is 8.98. The minimum absolute atomic E-state index is 0.0151. The summed E-state index contributed by atoms with van der Waals surface area (Å²) in [7, 11) is 0. The third kappa shape index (κ3) is 2.65. The zero-order valence-electron chi connectivity index (χ0n) is 11.8. The van der Waals surface area contributed by atoms with E-state index in [0.717, 1.165) is 10.4 Å². The largest absolute Gasteiger partial charge is 0.457 e. The number of halogens is 2. The SMILES string of the molecule is O=c1c(=Cc2ccc(-c3ccc(Cl)c(Cl)c3)o2)sc2n1CCN=2. The molecule has 0 bridgehead atoms. The Morgan fingerprint density at radius 2 is 2.09 bits per heavy atom. The van der Waals surface area contributed by atoms with Crippen molar-refractivity contribution in [2.24, 2.45) is 4.99 Å². The summed E-state index contributed by atoms with van der Waals surface area (Å²) in [4.78, 5) is 17.3. The molecule has 3 heterocycles. The molecule has 0 N–H and O–H groups in total. The van der Waals surface area contributed by atoms with Gasteiger partial charge in [-0.05, 0) is 30.3 Å². The number of thiazole rings is 1. The van der Waals surface area contributed by atoms with Gasteiger partial charge in [-0.3, -0.25) is 14.4 Å². The van der Waals surface area contributed by atoms with E-state index in [2.05, 4.69) is 4.99 Å². The molecule has 4 rings (SSSR count). The molecule has 0 aliphatic carbocycles. The van der Waals surface area contributed by atoms with Crippen LogP contribution in [0, 0.1) is 0 Å². The van der Waals surface area contributed by atoms with Crippen LogP contribution in [0.3, 0.4) is 0 Å². The molecular weight excluding hydrogens is 355 g/mol. The molecule has 0 atom stereocenters. The Kier molecular flexibility index (Phi) is 3.64. The Balaban J connectivity index is 1.75. The second-order valence-electron chi connectivity index (χ2n) is 5.06. The van der Waals surface area contributed by atoms with Gasteiger partial charge in [-0.2, -0.15) is 0 Å². The normalized spacial score (nSPS) is 14.1. The molecule has 0 spiro atoms. The molecule has 3 aromatic rings. The summed E-state index contributed by atoms with van der Waals surface area (Å²) >= 11 is 13.3. The first kappa shape index (κ1) is 14.8. The van der Waals surface area contributed by atoms with Crippen LogP contribution in [0.4, 0.5) is 0 Å². The van der Waals surface area contributed by atoms with Crippen LogP contribution >= 0.6 is 34.5 Å². The number of aromatic nitrogens is 1. The van der Waals surface area contributed by atoms with Crippen molar-refractivity contribution in [3.05, 3.63) is 65.8 Å². The van der Waals surface area contributed by atoms with Gasteiger partial charge in [0.15, 0.2) is 4.80 Å². The molecular formula is C16H10Cl2N2O2S. The molecule has 7 heteroatoms. The molecule has 2 aromatic heterocycles. The monoisotopic (exact) mass is 364 g/mol. The molecule has 0 fully saturated rings. The number of fused-ring (bicyclic) bond motifs is 1. The third-order valence-corrected chi connectivity index (χ3v) is 5.35. The van der Waals surface area contributed by atoms with Gasteiger partial charge in [0, 0.05) is 18.2 Å². The highest BCUT2D eigenvalue weighted by atomic mass is 35.5. The maximum absolute atomic E-state index is 12.2. The maximum atomic E-state index is 12.2. The number of hydrogen-bond donors (Lipinski definition) is 0. The highest BCUT2D eigenvalue weighted by molar-refractivity contribution is 7.07. The van der Waals surface area contributed by atoms with Gasteiger partial charge < -0.3 is 4.42 Å². The van der Waals surface area contributed by atoms with Gasteiger partial charge in [0.1, 0.15) is 11.5 Å². The quantitative estimate of drug-likeness (QED) is 0.701. The van der Waals surface area contributed by atoms with Crippen LogP contribution < -0.4 is 14.9 Å². The summed E-state index contributed by atoms with van der Waals surface area (Å²) in [5, 5.41) is 0.972. The first-order valence-electron chi connectivity index (χ1n) is 6.93. The lowest BCUT2D eigenvalue weighted by Gasteiger charge is -1.99. The first-order valence-corrected chi connectivity index (χ1v) is 8.50. The zero-order chi connectivity index (χ0) is 16.0. The molecule has 0 saturated heterocycles. The van der Waals surface area contributed by atoms with E-state index >= 15 is 0 Å². The predicted molar refractivity (Wildman–Crippen MR) is 92.0 cm³/mol. The standard InChI is InChI=1S/C16H10Cl2N2O2S/c17-11-3-1-9(7-12(11)18)13-4-2-10(22-13)8-14-15(21)20-6-5-19-16(20)23-14/h1-4,7-8H,5-6H2. The van der Waals surface area contributed by atoms with Crippen LogP contribution in [0.1, 0.15) is 5.76 Å². The second-order valence-corrected chi connectivity index (χ2v) is 6.89. The first-order chi connectivity index (χ1) is 11.1. The van der Waals surface area contributed by atoms with Gasteiger partial charge in [0.2, 0.25) is 0 Å². The highest BCUT2D eigenvalue weighted by Crippen LogP contribution is 2.29. The van der Waals surface area contributed by atoms with E-state index in [9.17, 15) is 4.79 Å². The van der Waals surface area contributed by atoms with Gasteiger partial charge in [0.25, 0.3) is 5.56 Å². The fraction of sp³-hybridized carbons (Fsp3) is 0.125. The summed E-state index contributed by atoms with van der Waals surface area (Å²) in [6.07, 6.45) is 1.74. The molecule has 0 unspecified atom stereocenters. The molecule has 23 heavy (non-hydrogen) atoms. The third-order valence-electron chi connectivity index (χ3n) is 3.56. The molecule has 1 aromatic carbocycles. The van der Waals surface area contributed by atoms with Gasteiger partial charge in [0.05, 0.1) is 21.1 Å². The zero-order valence-corrected chi connectivity index (χ0v) is 14.1. The van der Waals surface area contributed by atoms with Crippen LogP contribution in [0.2, 0.25) is 10.0 Å². The Hall–Kier alpha value is -1.82. The van der Waals surface area contributed by atoms with E-state index < -0.39 is 0 Å². The van der Waals surface area contributed by atoms with Crippen molar-refractivity contribution in [3.8, 4) is 11.3 Å². The fourth-order valence-corrected chi connectivity index (χ4v) is 3.74. The van der Waals surface area contributed by atoms with E-state index in [1.165, 1.54) is 11.3 Å². The average Bonchev–Trinajstić information content (AvgIpc) is 3.23. The van der Waals surface area contributed by atoms with Gasteiger partial charge in [-0.25, -0.2) is 0 Å². The number of benzene rings is 1. The molecule has 4 nitrogen and oxygen atoms in total. The van der Waals surface area contributed by atoms with Crippen LogP contribution in [-0.4, -0.2) is 11.1 Å². The molecule has 1 aliphatic rings. The lowest BCUT2D eigenvalue weighted by Crippen LogP contribution is -2.29. The molecule has 116 valence electrons. The smallest absolute Gasteiger partial charge is 0.270 e. The minimum atomic E-state index is -0.0151. The Labute approximate surface area is 144 Å². The Bertz CT molecular complexity index is 1080. The number of hydrogen-bond acceptors (Lipinski definition) is 4. The van der Waals surface area contributed by atoms with Gasteiger partial charge >= 0.3 is 0 Å². The van der Waals surface area contributed by atoms with Crippen molar-refractivity contribution in [1.29, 1.82) is 0 Å². The van der Waals surface area contributed by atoms with Crippen LogP contribution in [0.5, 0.6) is 0 Å². The van der Waals surface area contributed by atoms with Crippen molar-refractivity contribution in [2.75, 3.05) is 6.54 Å². The van der Waals surface area contributed by atoms with E-state index in [1.54, 1.807) is 22.8 Å². The summed E-state index contributed by atoms with van der Waals surface area (Å²) in [6.45, 7) is 1.34. The molecule has 0 amide bonds. The van der Waals surface area contributed by atoms with Crippen molar-refractivity contribution in [1.82, 2.24) is 4.57 Å². The van der Waals surface area contributed by atoms with E-state index in [1.807, 2.05) is 18.2 Å². The van der Waals surface area contributed by atoms with E-state index in [-0.39, 0.29) is 5.56 Å². The van der Waals surface area contributed by atoms with Crippen LogP contribution in [0.15, 0.2) is 44.5 Å². The molecule has 0 radical (unpaired) electrons. The van der Waals surface area contributed by atoms with Gasteiger partial charge in [-0.1, -0.05) is 34.5 Å². The maximum Gasteiger partial charge on any atom is 0.270 e. The number of rotatable bonds is 2. The van der Waals surface area contributed by atoms with Crippen molar-refractivity contribution < 1.29 is 4.42 Å². The summed E-state index contributed by atoms with van der Waals surface area (Å²) in [5.41, 5.74) is 0.818.